The highest BCUT2D eigenvalue weighted by Gasteiger charge is 2.10. The fraction of sp³-hybridized carbons (Fsp3) is 0.111. The van der Waals surface area contributed by atoms with Gasteiger partial charge in [-0.25, -0.2) is 9.59 Å². The number of carbonyl (C=O) groups is 2. The second-order valence-corrected chi connectivity index (χ2v) is 9.52. The van der Waals surface area contributed by atoms with Gasteiger partial charge in [0.1, 0.15) is 37.9 Å². The molecule has 0 heterocycles. The van der Waals surface area contributed by atoms with Gasteiger partial charge >= 0.3 is 11.9 Å². The summed E-state index contributed by atoms with van der Waals surface area (Å²) in [6.45, 7) is 1.12. The Kier molecular flexibility index (Phi) is 9.61. The van der Waals surface area contributed by atoms with Gasteiger partial charge in [0.2, 0.25) is 0 Å². The molecule has 0 fully saturated rings. The first-order chi connectivity index (χ1) is 20.6. The minimum Gasteiger partial charge on any atom is -0.489 e. The third kappa shape index (κ3) is 8.08. The molecule has 0 aliphatic heterocycles. The van der Waals surface area contributed by atoms with Crippen molar-refractivity contribution in [2.24, 2.45) is 0 Å². The van der Waals surface area contributed by atoms with Gasteiger partial charge in [-0.2, -0.15) is 0 Å². The molecule has 5 aromatic rings. The maximum absolute atomic E-state index is 12.4. The molecule has 0 unspecified atom stereocenters. The van der Waals surface area contributed by atoms with Crippen LogP contribution in [0.15, 0.2) is 133 Å². The molecule has 5 rings (SSSR count). The van der Waals surface area contributed by atoms with Gasteiger partial charge in [-0.3, -0.25) is 0 Å². The van der Waals surface area contributed by atoms with Crippen LogP contribution in [-0.2, 0) is 35.9 Å². The highest BCUT2D eigenvalue weighted by molar-refractivity contribution is 5.90. The summed E-state index contributed by atoms with van der Waals surface area (Å²) in [7, 11) is 0. The van der Waals surface area contributed by atoms with Gasteiger partial charge in [-0.15, -0.1) is 0 Å². The zero-order valence-electron chi connectivity index (χ0n) is 23.0. The topological polar surface area (TPSA) is 71.1 Å². The zero-order valence-corrected chi connectivity index (χ0v) is 23.0. The first-order valence-corrected chi connectivity index (χ1v) is 13.6. The molecular weight excluding hydrogens is 528 g/mol. The lowest BCUT2D eigenvalue weighted by Crippen LogP contribution is -2.06. The average Bonchev–Trinajstić information content (AvgIpc) is 3.06. The Balaban J connectivity index is 1.10. The molecule has 0 amide bonds. The van der Waals surface area contributed by atoms with Crippen LogP contribution in [0.25, 0.3) is 0 Å². The normalized spacial score (nSPS) is 10.5. The van der Waals surface area contributed by atoms with Crippen LogP contribution in [0.4, 0.5) is 0 Å². The first-order valence-electron chi connectivity index (χ1n) is 13.6. The molecule has 6 nitrogen and oxygen atoms in total. The van der Waals surface area contributed by atoms with Gasteiger partial charge in [0.25, 0.3) is 0 Å². The van der Waals surface area contributed by atoms with E-state index in [9.17, 15) is 9.59 Å². The molecule has 6 heteroatoms. The number of carbonyl (C=O) groups excluding carboxylic acids is 2. The molecule has 0 radical (unpaired) electrons. The monoisotopic (exact) mass is 558 g/mol. The maximum atomic E-state index is 12.4. The van der Waals surface area contributed by atoms with Crippen LogP contribution in [0.5, 0.6) is 11.5 Å². The van der Waals surface area contributed by atoms with Gasteiger partial charge in [-0.05, 0) is 70.8 Å². The van der Waals surface area contributed by atoms with Crippen LogP contribution in [0.3, 0.4) is 0 Å². The summed E-state index contributed by atoms with van der Waals surface area (Å²) >= 11 is 0. The third-order valence-corrected chi connectivity index (χ3v) is 6.51. The van der Waals surface area contributed by atoms with E-state index in [4.69, 9.17) is 18.9 Å². The van der Waals surface area contributed by atoms with E-state index in [1.54, 1.807) is 48.5 Å². The SMILES string of the molecule is O=C(OCc1ccccc1)c1ccc(OCc2ccccc2COc2ccc(C(=O)OCc3ccccc3)cc2)cc1. The highest BCUT2D eigenvalue weighted by atomic mass is 16.5. The van der Waals surface area contributed by atoms with Crippen molar-refractivity contribution in [3.05, 3.63) is 167 Å². The second-order valence-electron chi connectivity index (χ2n) is 9.52. The van der Waals surface area contributed by atoms with Crippen LogP contribution >= 0.6 is 0 Å². The number of hydrogen-bond acceptors (Lipinski definition) is 6. The van der Waals surface area contributed by atoms with Crippen molar-refractivity contribution in [3.63, 3.8) is 0 Å². The van der Waals surface area contributed by atoms with Crippen LogP contribution in [0.2, 0.25) is 0 Å². The molecule has 0 aliphatic carbocycles. The van der Waals surface area contributed by atoms with E-state index in [1.807, 2.05) is 84.9 Å². The summed E-state index contributed by atoms with van der Waals surface area (Å²) in [5.41, 5.74) is 4.74. The average molecular weight is 559 g/mol. The van der Waals surface area contributed by atoms with Crippen LogP contribution in [0, 0.1) is 0 Å². The Labute approximate surface area is 245 Å². The minimum atomic E-state index is -0.384. The Bertz CT molecular complexity index is 1460. The van der Waals surface area contributed by atoms with Crippen molar-refractivity contribution in [1.82, 2.24) is 0 Å². The van der Waals surface area contributed by atoms with Gasteiger partial charge in [-0.1, -0.05) is 84.9 Å². The van der Waals surface area contributed by atoms with Crippen molar-refractivity contribution >= 4 is 11.9 Å². The molecule has 210 valence electrons. The maximum Gasteiger partial charge on any atom is 0.338 e. The number of hydrogen-bond donors (Lipinski definition) is 0. The molecule has 0 saturated heterocycles. The van der Waals surface area contributed by atoms with E-state index in [1.165, 1.54) is 0 Å². The van der Waals surface area contributed by atoms with E-state index >= 15 is 0 Å². The predicted octanol–water partition coefficient (Wildman–Crippen LogP) is 7.56. The van der Waals surface area contributed by atoms with Crippen LogP contribution < -0.4 is 9.47 Å². The first kappa shape index (κ1) is 28.2. The predicted molar refractivity (Wildman–Crippen MR) is 159 cm³/mol. The molecule has 0 spiro atoms. The number of esters is 2. The molecule has 0 aliphatic rings. The minimum absolute atomic E-state index is 0.224. The molecular formula is C36H30O6. The zero-order chi connectivity index (χ0) is 29.0. The van der Waals surface area contributed by atoms with E-state index in [-0.39, 0.29) is 25.2 Å². The standard InChI is InChI=1S/C36H30O6/c37-35(41-23-27-9-3-1-4-10-27)29-15-19-33(20-16-29)39-25-31-13-7-8-14-32(31)26-40-34-21-17-30(18-22-34)36(38)42-24-28-11-5-2-6-12-28/h1-22H,23-26H2. The molecule has 0 aromatic heterocycles. The van der Waals surface area contributed by atoms with Crippen molar-refractivity contribution in [3.8, 4) is 11.5 Å². The molecule has 5 aromatic carbocycles. The lowest BCUT2D eigenvalue weighted by atomic mass is 10.1. The van der Waals surface area contributed by atoms with Gasteiger partial charge in [0, 0.05) is 0 Å². The lowest BCUT2D eigenvalue weighted by Gasteiger charge is -2.13. The molecule has 0 saturated carbocycles. The largest absolute Gasteiger partial charge is 0.489 e. The summed E-state index contributed by atoms with van der Waals surface area (Å²) in [4.78, 5) is 24.8. The summed E-state index contributed by atoms with van der Waals surface area (Å²) in [6.07, 6.45) is 0. The van der Waals surface area contributed by atoms with E-state index in [2.05, 4.69) is 0 Å². The van der Waals surface area contributed by atoms with Crippen molar-refractivity contribution in [2.75, 3.05) is 0 Å². The fourth-order valence-corrected chi connectivity index (χ4v) is 4.15. The Morgan fingerprint density at radius 3 is 1.14 bits per heavy atom. The number of benzene rings is 5. The van der Waals surface area contributed by atoms with Crippen LogP contribution in [-0.4, -0.2) is 11.9 Å². The van der Waals surface area contributed by atoms with Gasteiger partial charge in [0.15, 0.2) is 0 Å². The number of ether oxygens (including phenoxy) is 4. The Hall–Kier alpha value is -5.36. The Morgan fingerprint density at radius 1 is 0.405 bits per heavy atom. The summed E-state index contributed by atoms with van der Waals surface area (Å²) < 4.78 is 22.8. The van der Waals surface area contributed by atoms with Gasteiger partial charge in [0.05, 0.1) is 11.1 Å². The highest BCUT2D eigenvalue weighted by Crippen LogP contribution is 2.20. The fourth-order valence-electron chi connectivity index (χ4n) is 4.15. The Morgan fingerprint density at radius 2 is 0.762 bits per heavy atom. The molecule has 0 atom stereocenters. The smallest absolute Gasteiger partial charge is 0.338 e. The third-order valence-electron chi connectivity index (χ3n) is 6.51. The molecule has 0 N–H and O–H groups in total. The summed E-state index contributed by atoms with van der Waals surface area (Å²) in [6, 6.07) is 40.8. The van der Waals surface area contributed by atoms with Crippen LogP contribution in [0.1, 0.15) is 43.0 Å². The second kappa shape index (κ2) is 14.3. The quantitative estimate of drug-likeness (QED) is 0.147. The van der Waals surface area contributed by atoms with Crippen molar-refractivity contribution in [1.29, 1.82) is 0 Å². The lowest BCUT2D eigenvalue weighted by molar-refractivity contribution is 0.0464. The van der Waals surface area contributed by atoms with E-state index in [0.717, 1.165) is 22.3 Å². The van der Waals surface area contributed by atoms with E-state index < -0.39 is 0 Å². The van der Waals surface area contributed by atoms with Crippen molar-refractivity contribution in [2.45, 2.75) is 26.4 Å². The van der Waals surface area contributed by atoms with Gasteiger partial charge < -0.3 is 18.9 Å². The summed E-state index contributed by atoms with van der Waals surface area (Å²) in [5, 5.41) is 0. The van der Waals surface area contributed by atoms with E-state index in [0.29, 0.717) is 35.8 Å². The molecule has 42 heavy (non-hydrogen) atoms. The number of rotatable bonds is 12. The summed E-state index contributed by atoms with van der Waals surface area (Å²) in [5.74, 6) is 0.509. The molecule has 0 bridgehead atoms. The van der Waals surface area contributed by atoms with Crippen molar-refractivity contribution < 1.29 is 28.5 Å².